The molecule has 2 heterocycles. The third-order valence-electron chi connectivity index (χ3n) is 9.00. The third kappa shape index (κ3) is 4.79. The second-order valence-electron chi connectivity index (χ2n) is 11.3. The Morgan fingerprint density at radius 1 is 1.18 bits per heavy atom. The quantitative estimate of drug-likeness (QED) is 0.407. The van der Waals surface area contributed by atoms with Crippen LogP contribution in [0.5, 0.6) is 0 Å². The van der Waals surface area contributed by atoms with Crippen molar-refractivity contribution >= 4 is 50.2 Å². The van der Waals surface area contributed by atoms with E-state index in [0.29, 0.717) is 41.0 Å². The molecule has 1 saturated heterocycles. The fraction of sp³-hybridized carbons (Fsp3) is 0.500. The molecule has 1 unspecified atom stereocenters. The van der Waals surface area contributed by atoms with Gasteiger partial charge in [-0.1, -0.05) is 35.3 Å². The van der Waals surface area contributed by atoms with Gasteiger partial charge in [-0.15, -0.1) is 0 Å². The number of piperidine rings is 1. The summed E-state index contributed by atoms with van der Waals surface area (Å²) in [7, 11) is -3.16. The Labute approximate surface area is 233 Å². The number of nitrogens with zero attached hydrogens (tertiary/aromatic N) is 4. The molecule has 10 heteroatoms. The summed E-state index contributed by atoms with van der Waals surface area (Å²) in [5, 5.41) is 10.4. The van der Waals surface area contributed by atoms with E-state index in [-0.39, 0.29) is 5.41 Å². The number of aromatic nitrogens is 2. The van der Waals surface area contributed by atoms with Gasteiger partial charge in [-0.05, 0) is 85.6 Å². The van der Waals surface area contributed by atoms with Gasteiger partial charge in [-0.3, -0.25) is 0 Å². The van der Waals surface area contributed by atoms with Crippen molar-refractivity contribution < 1.29 is 8.42 Å². The maximum atomic E-state index is 12.0. The number of sulfonamides is 1. The Balaban J connectivity index is 1.25. The Morgan fingerprint density at radius 3 is 2.66 bits per heavy atom. The van der Waals surface area contributed by atoms with Crippen LogP contribution in [0.1, 0.15) is 49.7 Å². The summed E-state index contributed by atoms with van der Waals surface area (Å²) < 4.78 is 25.6. The molecule has 6 rings (SSSR count). The SMILES string of the molecule is CS(=O)(=O)N1CCC(CN(c2nc3cc(Cl)c(Cl)cc3[nH]2)[C@@H]2CC[C@]3(c4cccc(C#N)c4)CC3C2)CC1. The largest absolute Gasteiger partial charge is 0.339 e. The molecule has 2 saturated carbocycles. The van der Waals surface area contributed by atoms with E-state index in [4.69, 9.17) is 28.2 Å². The van der Waals surface area contributed by atoms with Gasteiger partial charge >= 0.3 is 0 Å². The second-order valence-corrected chi connectivity index (χ2v) is 14.1. The highest BCUT2D eigenvalue weighted by Crippen LogP contribution is 2.63. The molecule has 0 amide bonds. The molecule has 1 N–H and O–H groups in total. The van der Waals surface area contributed by atoms with Crippen molar-refractivity contribution in [3.63, 3.8) is 0 Å². The van der Waals surface area contributed by atoms with Gasteiger partial charge < -0.3 is 9.88 Å². The van der Waals surface area contributed by atoms with E-state index in [0.717, 1.165) is 67.6 Å². The fourth-order valence-corrected chi connectivity index (χ4v) is 7.98. The lowest BCUT2D eigenvalue weighted by Crippen LogP contribution is -2.46. The van der Waals surface area contributed by atoms with E-state index in [1.165, 1.54) is 11.8 Å². The lowest BCUT2D eigenvalue weighted by Gasteiger charge is -2.40. The molecular weight excluding hydrogens is 541 g/mol. The lowest BCUT2D eigenvalue weighted by molar-refractivity contribution is 0.264. The number of nitriles is 1. The van der Waals surface area contributed by atoms with Gasteiger partial charge in [0.25, 0.3) is 0 Å². The van der Waals surface area contributed by atoms with Crippen LogP contribution in [0.4, 0.5) is 5.95 Å². The molecule has 3 fully saturated rings. The predicted octanol–water partition coefficient (Wildman–Crippen LogP) is 5.73. The number of halogens is 2. The van der Waals surface area contributed by atoms with Crippen molar-refractivity contribution in [1.29, 1.82) is 5.26 Å². The Hall–Kier alpha value is -2.31. The minimum atomic E-state index is -3.16. The van der Waals surface area contributed by atoms with Crippen molar-refractivity contribution in [1.82, 2.24) is 14.3 Å². The number of fused-ring (bicyclic) bond motifs is 2. The molecule has 2 aromatic carbocycles. The summed E-state index contributed by atoms with van der Waals surface area (Å²) in [4.78, 5) is 10.9. The van der Waals surface area contributed by atoms with Crippen LogP contribution in [-0.4, -0.2) is 54.6 Å². The van der Waals surface area contributed by atoms with E-state index >= 15 is 0 Å². The first-order valence-corrected chi connectivity index (χ1v) is 15.8. The van der Waals surface area contributed by atoms with Gasteiger partial charge in [-0.2, -0.15) is 5.26 Å². The molecule has 1 aromatic heterocycles. The van der Waals surface area contributed by atoms with Crippen molar-refractivity contribution in [2.24, 2.45) is 11.8 Å². The molecule has 7 nitrogen and oxygen atoms in total. The molecule has 0 bridgehead atoms. The zero-order valence-electron chi connectivity index (χ0n) is 21.3. The topological polar surface area (TPSA) is 93.1 Å². The Kier molecular flexibility index (Phi) is 6.63. The van der Waals surface area contributed by atoms with Crippen LogP contribution in [-0.2, 0) is 15.4 Å². The first-order chi connectivity index (χ1) is 18.2. The van der Waals surface area contributed by atoms with Gasteiger partial charge in [0.15, 0.2) is 0 Å². The maximum Gasteiger partial charge on any atom is 0.211 e. The second kappa shape index (κ2) is 9.71. The summed E-state index contributed by atoms with van der Waals surface area (Å²) in [5.74, 6) is 1.79. The molecular formula is C28H31Cl2N5O2S. The standard InChI is InChI=1S/C28H31Cl2N5O2S/c1-38(36,37)34-9-6-18(7-10-34)17-35(27-32-25-13-23(29)24(30)14-26(25)33-27)22-5-8-28(15-21(28)12-22)20-4-2-3-19(11-20)16-31/h2-4,11,13-14,18,21-22H,5-10,12,15,17H2,1H3,(H,32,33)/t21?,22-,28-/m1/s1. The van der Waals surface area contributed by atoms with Crippen LogP contribution < -0.4 is 4.90 Å². The Bertz CT molecular complexity index is 1490. The predicted molar refractivity (Wildman–Crippen MR) is 151 cm³/mol. The van der Waals surface area contributed by atoms with Gasteiger partial charge in [0.1, 0.15) is 0 Å². The molecule has 0 radical (unpaired) electrons. The first kappa shape index (κ1) is 25.9. The van der Waals surface area contributed by atoms with Crippen LogP contribution in [0.25, 0.3) is 11.0 Å². The van der Waals surface area contributed by atoms with Crippen LogP contribution >= 0.6 is 23.2 Å². The van der Waals surface area contributed by atoms with E-state index in [9.17, 15) is 13.7 Å². The highest BCUT2D eigenvalue weighted by Gasteiger charge is 2.58. The number of hydrogen-bond acceptors (Lipinski definition) is 5. The first-order valence-electron chi connectivity index (χ1n) is 13.2. The van der Waals surface area contributed by atoms with Crippen LogP contribution in [0.15, 0.2) is 36.4 Å². The molecule has 3 aliphatic rings. The summed E-state index contributed by atoms with van der Waals surface area (Å²) in [6, 6.07) is 14.4. The van der Waals surface area contributed by atoms with E-state index in [2.05, 4.69) is 28.1 Å². The van der Waals surface area contributed by atoms with Gasteiger partial charge in [0.05, 0.1) is 39.0 Å². The van der Waals surface area contributed by atoms with Gasteiger partial charge in [-0.25, -0.2) is 17.7 Å². The lowest BCUT2D eigenvalue weighted by atomic mass is 9.79. The van der Waals surface area contributed by atoms with Crippen LogP contribution in [0.3, 0.4) is 0 Å². The minimum absolute atomic E-state index is 0.185. The molecule has 3 aromatic rings. The Morgan fingerprint density at radius 2 is 1.95 bits per heavy atom. The number of nitrogens with one attached hydrogen (secondary N) is 1. The third-order valence-corrected chi connectivity index (χ3v) is 11.0. The molecule has 3 atom stereocenters. The summed E-state index contributed by atoms with van der Waals surface area (Å²) >= 11 is 12.6. The summed E-state index contributed by atoms with van der Waals surface area (Å²) in [6.07, 6.45) is 7.31. The van der Waals surface area contributed by atoms with E-state index < -0.39 is 10.0 Å². The van der Waals surface area contributed by atoms with Crippen LogP contribution in [0.2, 0.25) is 10.0 Å². The highest BCUT2D eigenvalue weighted by atomic mass is 35.5. The van der Waals surface area contributed by atoms with Crippen LogP contribution in [0, 0.1) is 23.2 Å². The van der Waals surface area contributed by atoms with Crippen molar-refractivity contribution in [2.45, 2.75) is 50.0 Å². The monoisotopic (exact) mass is 571 g/mol. The summed E-state index contributed by atoms with van der Waals surface area (Å²) in [5.41, 5.74) is 3.86. The van der Waals surface area contributed by atoms with Crippen molar-refractivity contribution in [2.75, 3.05) is 30.8 Å². The molecule has 2 aliphatic carbocycles. The molecule has 200 valence electrons. The number of imidazole rings is 1. The fourth-order valence-electron chi connectivity index (χ4n) is 6.78. The number of aromatic amines is 1. The van der Waals surface area contributed by atoms with Crippen molar-refractivity contribution in [3.8, 4) is 6.07 Å². The van der Waals surface area contributed by atoms with Crippen molar-refractivity contribution in [3.05, 3.63) is 57.6 Å². The average Bonchev–Trinajstić information content (AvgIpc) is 3.52. The van der Waals surface area contributed by atoms with Gasteiger partial charge in [0, 0.05) is 25.7 Å². The van der Waals surface area contributed by atoms with E-state index in [1.807, 2.05) is 18.2 Å². The minimum Gasteiger partial charge on any atom is -0.339 e. The normalized spacial score (nSPS) is 26.2. The number of benzene rings is 2. The number of hydrogen-bond donors (Lipinski definition) is 1. The average molecular weight is 573 g/mol. The molecule has 0 spiro atoms. The highest BCUT2D eigenvalue weighted by molar-refractivity contribution is 7.88. The maximum absolute atomic E-state index is 12.0. The number of rotatable bonds is 6. The van der Waals surface area contributed by atoms with Gasteiger partial charge in [0.2, 0.25) is 16.0 Å². The number of anilines is 1. The van der Waals surface area contributed by atoms with E-state index in [1.54, 1.807) is 10.4 Å². The smallest absolute Gasteiger partial charge is 0.211 e. The summed E-state index contributed by atoms with van der Waals surface area (Å²) in [6.45, 7) is 1.95. The zero-order chi connectivity index (χ0) is 26.7. The number of H-pyrrole nitrogens is 1. The molecule has 1 aliphatic heterocycles. The molecule has 38 heavy (non-hydrogen) atoms. The zero-order valence-corrected chi connectivity index (χ0v) is 23.7.